The first-order valence-corrected chi connectivity index (χ1v) is 9.78. The molecule has 0 heterocycles. The van der Waals surface area contributed by atoms with Crippen LogP contribution in [-0.4, -0.2) is 38.4 Å². The van der Waals surface area contributed by atoms with Crippen molar-refractivity contribution in [2.75, 3.05) is 26.4 Å². The number of rotatable bonds is 8. The number of hydrogen-bond donors (Lipinski definition) is 0. The highest BCUT2D eigenvalue weighted by Crippen LogP contribution is 2.18. The first-order valence-electron chi connectivity index (χ1n) is 9.78. The zero-order chi connectivity index (χ0) is 21.6. The lowest BCUT2D eigenvalue weighted by atomic mass is 10.00. The van der Waals surface area contributed by atoms with Crippen LogP contribution in [0.4, 0.5) is 0 Å². The van der Waals surface area contributed by atoms with Crippen molar-refractivity contribution in [2.45, 2.75) is 41.5 Å². The Kier molecular flexibility index (Phi) is 7.97. The lowest BCUT2D eigenvalue weighted by molar-refractivity contribution is 0.0150. The van der Waals surface area contributed by atoms with E-state index < -0.39 is 0 Å². The summed E-state index contributed by atoms with van der Waals surface area (Å²) in [4.78, 5) is 24.5. The van der Waals surface area contributed by atoms with E-state index in [0.717, 1.165) is 33.4 Å². The Labute approximate surface area is 173 Å². The van der Waals surface area contributed by atoms with Crippen LogP contribution in [0, 0.1) is 41.5 Å². The predicted molar refractivity (Wildman–Crippen MR) is 113 cm³/mol. The van der Waals surface area contributed by atoms with Crippen molar-refractivity contribution in [3.63, 3.8) is 0 Å². The fourth-order valence-electron chi connectivity index (χ4n) is 3.64. The number of ether oxygens (including phenoxy) is 3. The van der Waals surface area contributed by atoms with E-state index in [0.29, 0.717) is 11.1 Å². The summed E-state index contributed by atoms with van der Waals surface area (Å²) in [5.41, 5.74) is 7.06. The maximum absolute atomic E-state index is 12.3. The van der Waals surface area contributed by atoms with Gasteiger partial charge in [-0.25, -0.2) is 9.59 Å². The molecule has 2 rings (SSSR count). The number of carbonyl (C=O) groups excluding carboxylic acids is 2. The van der Waals surface area contributed by atoms with E-state index in [4.69, 9.17) is 14.2 Å². The summed E-state index contributed by atoms with van der Waals surface area (Å²) in [6.07, 6.45) is 0. The summed E-state index contributed by atoms with van der Waals surface area (Å²) in [7, 11) is 0. The number of carbonyl (C=O) groups is 2. The molecule has 0 aliphatic heterocycles. The number of benzene rings is 2. The topological polar surface area (TPSA) is 61.8 Å². The van der Waals surface area contributed by atoms with Crippen molar-refractivity contribution in [3.05, 3.63) is 68.8 Å². The van der Waals surface area contributed by atoms with E-state index in [2.05, 4.69) is 0 Å². The van der Waals surface area contributed by atoms with E-state index in [-0.39, 0.29) is 38.4 Å². The summed E-state index contributed by atoms with van der Waals surface area (Å²) < 4.78 is 16.0. The molecule has 0 atom stereocenters. The Balaban J connectivity index is 1.70. The van der Waals surface area contributed by atoms with Gasteiger partial charge in [0, 0.05) is 0 Å². The minimum Gasteiger partial charge on any atom is -0.460 e. The van der Waals surface area contributed by atoms with Crippen molar-refractivity contribution < 1.29 is 23.8 Å². The monoisotopic (exact) mass is 398 g/mol. The third-order valence-corrected chi connectivity index (χ3v) is 4.68. The van der Waals surface area contributed by atoms with Gasteiger partial charge in [0.25, 0.3) is 0 Å². The van der Waals surface area contributed by atoms with Gasteiger partial charge in [-0.2, -0.15) is 0 Å². The minimum atomic E-state index is -0.347. The molecule has 2 aromatic rings. The van der Waals surface area contributed by atoms with Crippen molar-refractivity contribution in [3.8, 4) is 0 Å². The third-order valence-electron chi connectivity index (χ3n) is 4.68. The minimum absolute atomic E-state index is 0.149. The molecule has 29 heavy (non-hydrogen) atoms. The average molecular weight is 398 g/mol. The maximum Gasteiger partial charge on any atom is 0.338 e. The Hall–Kier alpha value is -2.66. The van der Waals surface area contributed by atoms with Gasteiger partial charge in [0.15, 0.2) is 0 Å². The molecule has 0 aromatic heterocycles. The van der Waals surface area contributed by atoms with E-state index >= 15 is 0 Å². The lowest BCUT2D eigenvalue weighted by Gasteiger charge is -2.12. The van der Waals surface area contributed by atoms with Crippen molar-refractivity contribution in [1.29, 1.82) is 0 Å². The summed E-state index contributed by atoms with van der Waals surface area (Å²) in [6, 6.07) is 7.86. The third kappa shape index (κ3) is 6.16. The molecule has 0 bridgehead atoms. The maximum atomic E-state index is 12.3. The van der Waals surface area contributed by atoms with E-state index in [9.17, 15) is 9.59 Å². The highest BCUT2D eigenvalue weighted by molar-refractivity contribution is 5.93. The molecule has 0 aliphatic rings. The van der Waals surface area contributed by atoms with Crippen molar-refractivity contribution >= 4 is 11.9 Å². The van der Waals surface area contributed by atoms with Gasteiger partial charge in [0.1, 0.15) is 13.2 Å². The molecular weight excluding hydrogens is 368 g/mol. The van der Waals surface area contributed by atoms with Gasteiger partial charge in [-0.05, 0) is 63.8 Å². The first-order chi connectivity index (χ1) is 13.7. The molecule has 5 nitrogen and oxygen atoms in total. The van der Waals surface area contributed by atoms with Gasteiger partial charge < -0.3 is 14.2 Å². The second kappa shape index (κ2) is 10.2. The van der Waals surface area contributed by atoms with E-state index in [1.54, 1.807) is 0 Å². The highest BCUT2D eigenvalue weighted by atomic mass is 16.6. The largest absolute Gasteiger partial charge is 0.460 e. The molecule has 0 saturated carbocycles. The van der Waals surface area contributed by atoms with Gasteiger partial charge in [0.05, 0.1) is 24.3 Å². The number of aryl methyl sites for hydroxylation is 6. The van der Waals surface area contributed by atoms with Crippen LogP contribution in [0.2, 0.25) is 0 Å². The zero-order valence-electron chi connectivity index (χ0n) is 18.2. The van der Waals surface area contributed by atoms with Gasteiger partial charge in [0.2, 0.25) is 0 Å². The van der Waals surface area contributed by atoms with Crippen LogP contribution < -0.4 is 0 Å². The molecular formula is C24H30O5. The second-order valence-electron chi connectivity index (χ2n) is 7.43. The Morgan fingerprint density at radius 2 is 0.897 bits per heavy atom. The Bertz CT molecular complexity index is 779. The summed E-state index contributed by atoms with van der Waals surface area (Å²) >= 11 is 0. The van der Waals surface area contributed by atoms with E-state index in [1.165, 1.54) is 0 Å². The fourth-order valence-corrected chi connectivity index (χ4v) is 3.64. The van der Waals surface area contributed by atoms with Crippen molar-refractivity contribution in [2.24, 2.45) is 0 Å². The molecule has 0 amide bonds. The zero-order valence-corrected chi connectivity index (χ0v) is 18.2. The fraction of sp³-hybridized carbons (Fsp3) is 0.417. The number of hydrogen-bond acceptors (Lipinski definition) is 5. The van der Waals surface area contributed by atoms with Gasteiger partial charge >= 0.3 is 11.9 Å². The molecule has 0 N–H and O–H groups in total. The normalized spacial score (nSPS) is 10.7. The van der Waals surface area contributed by atoms with Crippen LogP contribution in [0.1, 0.15) is 54.1 Å². The summed E-state index contributed by atoms with van der Waals surface area (Å²) in [5.74, 6) is -0.694. The van der Waals surface area contributed by atoms with Crippen LogP contribution >= 0.6 is 0 Å². The quantitative estimate of drug-likeness (QED) is 0.482. The van der Waals surface area contributed by atoms with Gasteiger partial charge in [-0.3, -0.25) is 0 Å². The van der Waals surface area contributed by atoms with Crippen LogP contribution in [0.3, 0.4) is 0 Å². The smallest absolute Gasteiger partial charge is 0.338 e. The second-order valence-corrected chi connectivity index (χ2v) is 7.43. The molecule has 0 fully saturated rings. The highest BCUT2D eigenvalue weighted by Gasteiger charge is 2.15. The van der Waals surface area contributed by atoms with Crippen LogP contribution in [0.25, 0.3) is 0 Å². The molecule has 0 saturated heterocycles. The van der Waals surface area contributed by atoms with Crippen LogP contribution in [0.5, 0.6) is 0 Å². The van der Waals surface area contributed by atoms with Gasteiger partial charge in [-0.1, -0.05) is 35.4 Å². The standard InChI is InChI=1S/C24H30O5/c1-15-11-17(3)21(18(4)12-15)23(25)28-9-7-27-8-10-29-24(26)22-19(5)13-16(2)14-20(22)6/h11-14H,7-10H2,1-6H3. The van der Waals surface area contributed by atoms with Gasteiger partial charge in [-0.15, -0.1) is 0 Å². The summed E-state index contributed by atoms with van der Waals surface area (Å²) in [6.45, 7) is 12.4. The van der Waals surface area contributed by atoms with Crippen molar-refractivity contribution in [1.82, 2.24) is 0 Å². The Morgan fingerprint density at radius 3 is 1.21 bits per heavy atom. The molecule has 2 aromatic carbocycles. The first kappa shape index (κ1) is 22.6. The molecule has 0 radical (unpaired) electrons. The van der Waals surface area contributed by atoms with Crippen LogP contribution in [0.15, 0.2) is 24.3 Å². The number of esters is 2. The Morgan fingerprint density at radius 1 is 0.586 bits per heavy atom. The summed E-state index contributed by atoms with van der Waals surface area (Å²) in [5, 5.41) is 0. The van der Waals surface area contributed by atoms with Crippen LogP contribution in [-0.2, 0) is 14.2 Å². The molecule has 0 aliphatic carbocycles. The molecule has 0 spiro atoms. The SMILES string of the molecule is Cc1cc(C)c(C(=O)OCCOCCOC(=O)c2c(C)cc(C)cc2C)c(C)c1. The van der Waals surface area contributed by atoms with E-state index in [1.807, 2.05) is 65.8 Å². The average Bonchev–Trinajstić information content (AvgIpc) is 2.59. The molecule has 0 unspecified atom stereocenters. The molecule has 5 heteroatoms. The molecule has 156 valence electrons. The predicted octanol–water partition coefficient (Wildman–Crippen LogP) is 4.57. The lowest BCUT2D eigenvalue weighted by Crippen LogP contribution is -2.16.